The summed E-state index contributed by atoms with van der Waals surface area (Å²) in [5.41, 5.74) is 4.31. The van der Waals surface area contributed by atoms with E-state index < -0.39 is 0 Å². The molecule has 0 radical (unpaired) electrons. The number of carbonyl (C=O) groups is 1. The third kappa shape index (κ3) is 4.34. The number of carbonyl (C=O) groups excluding carboxylic acids is 1. The van der Waals surface area contributed by atoms with Gasteiger partial charge in [0.15, 0.2) is 0 Å². The summed E-state index contributed by atoms with van der Waals surface area (Å²) in [5, 5.41) is 4.53. The first kappa shape index (κ1) is 20.0. The molecule has 4 heterocycles. The van der Waals surface area contributed by atoms with Crippen molar-refractivity contribution in [1.82, 2.24) is 29.5 Å². The minimum absolute atomic E-state index is 0.0551. The number of piperidine rings is 1. The molecule has 0 aromatic carbocycles. The van der Waals surface area contributed by atoms with Crippen LogP contribution in [0, 0.1) is 13.8 Å². The van der Waals surface area contributed by atoms with E-state index in [1.807, 2.05) is 29.6 Å². The number of hydrogen-bond donors (Lipinski definition) is 0. The first-order valence-electron chi connectivity index (χ1n) is 10.7. The lowest BCUT2D eigenvalue weighted by Gasteiger charge is -2.31. The molecular formula is C22H32N6O. The monoisotopic (exact) mass is 396 g/mol. The quantitative estimate of drug-likeness (QED) is 0.795. The second kappa shape index (κ2) is 8.22. The van der Waals surface area contributed by atoms with Crippen LogP contribution < -0.4 is 0 Å². The molecule has 29 heavy (non-hydrogen) atoms. The highest BCUT2D eigenvalue weighted by Gasteiger charge is 2.27. The van der Waals surface area contributed by atoms with Gasteiger partial charge in [0, 0.05) is 55.8 Å². The summed E-state index contributed by atoms with van der Waals surface area (Å²) in [5.74, 6) is 1.59. The number of likely N-dealkylation sites (tertiary alicyclic amines) is 1. The molecule has 1 fully saturated rings. The highest BCUT2D eigenvalue weighted by molar-refractivity contribution is 5.76. The predicted molar refractivity (Wildman–Crippen MR) is 112 cm³/mol. The van der Waals surface area contributed by atoms with E-state index in [4.69, 9.17) is 4.98 Å². The minimum Gasteiger partial charge on any atom is -0.338 e. The van der Waals surface area contributed by atoms with Gasteiger partial charge in [-0.05, 0) is 53.3 Å². The van der Waals surface area contributed by atoms with Crippen molar-refractivity contribution in [1.29, 1.82) is 0 Å². The Labute approximate surface area is 173 Å². The molecule has 2 aliphatic rings. The van der Waals surface area contributed by atoms with Crippen LogP contribution in [0.15, 0.2) is 12.3 Å². The maximum atomic E-state index is 12.9. The Kier molecular flexibility index (Phi) is 5.67. The van der Waals surface area contributed by atoms with Gasteiger partial charge in [0.25, 0.3) is 0 Å². The van der Waals surface area contributed by atoms with Crippen molar-refractivity contribution in [3.8, 4) is 0 Å². The van der Waals surface area contributed by atoms with E-state index in [1.165, 1.54) is 6.42 Å². The number of aromatic nitrogens is 4. The van der Waals surface area contributed by atoms with Gasteiger partial charge in [0.05, 0.1) is 17.4 Å². The van der Waals surface area contributed by atoms with Gasteiger partial charge in [-0.3, -0.25) is 9.48 Å². The molecule has 7 heteroatoms. The Balaban J connectivity index is 1.40. The number of nitrogens with zero attached hydrogens (tertiary/aromatic N) is 6. The van der Waals surface area contributed by atoms with Gasteiger partial charge in [-0.15, -0.1) is 0 Å². The third-order valence-corrected chi connectivity index (χ3v) is 6.23. The first-order valence-corrected chi connectivity index (χ1v) is 10.7. The van der Waals surface area contributed by atoms with Crippen molar-refractivity contribution in [2.45, 2.75) is 65.0 Å². The number of aryl methyl sites for hydroxylation is 2. The highest BCUT2D eigenvalue weighted by atomic mass is 16.2. The smallest absolute Gasteiger partial charge is 0.225 e. The zero-order valence-corrected chi connectivity index (χ0v) is 18.1. The van der Waals surface area contributed by atoms with Crippen LogP contribution in [-0.4, -0.2) is 62.1 Å². The van der Waals surface area contributed by atoms with E-state index in [2.05, 4.69) is 35.0 Å². The molecule has 0 N–H and O–H groups in total. The first-order chi connectivity index (χ1) is 13.9. The summed E-state index contributed by atoms with van der Waals surface area (Å²) in [4.78, 5) is 26.8. The summed E-state index contributed by atoms with van der Waals surface area (Å²) in [6.07, 6.45) is 5.60. The van der Waals surface area contributed by atoms with Gasteiger partial charge in [0.1, 0.15) is 5.82 Å². The van der Waals surface area contributed by atoms with Crippen molar-refractivity contribution >= 4 is 5.91 Å². The van der Waals surface area contributed by atoms with Gasteiger partial charge in [-0.1, -0.05) is 0 Å². The maximum absolute atomic E-state index is 12.9. The summed E-state index contributed by atoms with van der Waals surface area (Å²) in [6.45, 7) is 9.63. The lowest BCUT2D eigenvalue weighted by Crippen LogP contribution is -2.38. The standard InChI is InChI=1S/C22H32N6O/c1-15-10-16(2)28(25-15)17(3)11-21(29)27-9-7-20-19(14-27)12-23-22(24-20)18-6-5-8-26(4)13-18/h10,12,17-18H,5-9,11,13-14H2,1-4H3/t17-,18+/m1/s1. The van der Waals surface area contributed by atoms with E-state index in [1.54, 1.807) is 0 Å². The second-order valence-corrected chi connectivity index (χ2v) is 8.79. The van der Waals surface area contributed by atoms with Crippen LogP contribution in [0.1, 0.15) is 66.6 Å². The van der Waals surface area contributed by atoms with Gasteiger partial charge in [0.2, 0.25) is 5.91 Å². The van der Waals surface area contributed by atoms with Crippen LogP contribution in [0.3, 0.4) is 0 Å². The molecular weight excluding hydrogens is 364 g/mol. The Morgan fingerprint density at radius 2 is 2.14 bits per heavy atom. The fraction of sp³-hybridized carbons (Fsp3) is 0.636. The van der Waals surface area contributed by atoms with Crippen LogP contribution in [0.25, 0.3) is 0 Å². The van der Waals surface area contributed by atoms with Crippen molar-refractivity contribution in [2.75, 3.05) is 26.7 Å². The van der Waals surface area contributed by atoms with Gasteiger partial charge < -0.3 is 9.80 Å². The molecule has 0 aliphatic carbocycles. The molecule has 2 aromatic rings. The lowest BCUT2D eigenvalue weighted by atomic mass is 9.97. The minimum atomic E-state index is 0.0551. The number of likely N-dealkylation sites (N-methyl/N-ethyl adjacent to an activating group) is 1. The largest absolute Gasteiger partial charge is 0.338 e. The fourth-order valence-electron chi connectivity index (χ4n) is 4.68. The third-order valence-electron chi connectivity index (χ3n) is 6.23. The fourth-order valence-corrected chi connectivity index (χ4v) is 4.68. The maximum Gasteiger partial charge on any atom is 0.225 e. The van der Waals surface area contributed by atoms with Crippen LogP contribution in [0.2, 0.25) is 0 Å². The molecule has 2 aromatic heterocycles. The highest BCUT2D eigenvalue weighted by Crippen LogP contribution is 2.26. The van der Waals surface area contributed by atoms with E-state index in [-0.39, 0.29) is 11.9 Å². The molecule has 2 atom stereocenters. The normalized spacial score (nSPS) is 21.1. The van der Waals surface area contributed by atoms with E-state index >= 15 is 0 Å². The molecule has 156 valence electrons. The van der Waals surface area contributed by atoms with Crippen molar-refractivity contribution in [2.24, 2.45) is 0 Å². The van der Waals surface area contributed by atoms with Crippen LogP contribution in [-0.2, 0) is 17.8 Å². The molecule has 0 saturated carbocycles. The van der Waals surface area contributed by atoms with Gasteiger partial charge in [-0.2, -0.15) is 5.10 Å². The zero-order chi connectivity index (χ0) is 20.5. The van der Waals surface area contributed by atoms with E-state index in [0.29, 0.717) is 18.9 Å². The molecule has 0 unspecified atom stereocenters. The van der Waals surface area contributed by atoms with E-state index in [9.17, 15) is 4.79 Å². The average molecular weight is 397 g/mol. The van der Waals surface area contributed by atoms with E-state index in [0.717, 1.165) is 60.9 Å². The molecule has 7 nitrogen and oxygen atoms in total. The molecule has 0 spiro atoms. The van der Waals surface area contributed by atoms with Gasteiger partial charge >= 0.3 is 0 Å². The second-order valence-electron chi connectivity index (χ2n) is 8.79. The van der Waals surface area contributed by atoms with Crippen molar-refractivity contribution in [3.05, 3.63) is 40.7 Å². The predicted octanol–water partition coefficient (Wildman–Crippen LogP) is 2.64. The Hall–Kier alpha value is -2.28. The molecule has 2 aliphatic heterocycles. The average Bonchev–Trinajstić information content (AvgIpc) is 3.05. The lowest BCUT2D eigenvalue weighted by molar-refractivity contribution is -0.133. The van der Waals surface area contributed by atoms with Crippen LogP contribution in [0.5, 0.6) is 0 Å². The summed E-state index contributed by atoms with van der Waals surface area (Å²) < 4.78 is 1.96. The topological polar surface area (TPSA) is 67.2 Å². The van der Waals surface area contributed by atoms with Crippen molar-refractivity contribution in [3.63, 3.8) is 0 Å². The summed E-state index contributed by atoms with van der Waals surface area (Å²) in [7, 11) is 2.17. The number of fused-ring (bicyclic) bond motifs is 1. The number of rotatable bonds is 4. The Morgan fingerprint density at radius 1 is 1.31 bits per heavy atom. The van der Waals surface area contributed by atoms with Gasteiger partial charge in [-0.25, -0.2) is 9.97 Å². The molecule has 0 bridgehead atoms. The van der Waals surface area contributed by atoms with Crippen molar-refractivity contribution < 1.29 is 4.79 Å². The summed E-state index contributed by atoms with van der Waals surface area (Å²) in [6, 6.07) is 2.11. The van der Waals surface area contributed by atoms with Crippen LogP contribution in [0.4, 0.5) is 0 Å². The molecule has 1 amide bonds. The summed E-state index contributed by atoms with van der Waals surface area (Å²) >= 11 is 0. The SMILES string of the molecule is Cc1cc(C)n([C@H](C)CC(=O)N2CCc3nc([C@H]4CCCN(C)C4)ncc3C2)n1. The number of amides is 1. The van der Waals surface area contributed by atoms with Crippen LogP contribution >= 0.6 is 0 Å². The molecule has 4 rings (SSSR count). The Bertz CT molecular complexity index is 891. The Morgan fingerprint density at radius 3 is 2.86 bits per heavy atom. The zero-order valence-electron chi connectivity index (χ0n) is 18.1. The molecule has 1 saturated heterocycles. The number of hydrogen-bond acceptors (Lipinski definition) is 5.